The van der Waals surface area contributed by atoms with Gasteiger partial charge in [-0.25, -0.2) is 0 Å². The van der Waals surface area contributed by atoms with Crippen LogP contribution in [0.15, 0.2) is 10.3 Å². The maximum Gasteiger partial charge on any atom is 0.222 e. The molecule has 0 spiro atoms. The summed E-state index contributed by atoms with van der Waals surface area (Å²) in [5.74, 6) is 0. The van der Waals surface area contributed by atoms with Crippen molar-refractivity contribution < 1.29 is 9.68 Å². The first-order chi connectivity index (χ1) is 7.08. The van der Waals surface area contributed by atoms with Crippen molar-refractivity contribution in [2.75, 3.05) is 0 Å². The summed E-state index contributed by atoms with van der Waals surface area (Å²) < 4.78 is 1.72. The Morgan fingerprint density at radius 2 is 1.27 bits per heavy atom. The van der Waals surface area contributed by atoms with Crippen molar-refractivity contribution in [3.63, 3.8) is 0 Å². The second-order valence-electron chi connectivity index (χ2n) is 3.29. The van der Waals surface area contributed by atoms with Crippen LogP contribution in [0.1, 0.15) is 27.7 Å². The Morgan fingerprint density at radius 1 is 0.867 bits per heavy atom. The fraction of sp³-hybridized carbons (Fsp3) is 0.750. The van der Waals surface area contributed by atoms with E-state index < -0.39 is 0 Å². The second-order valence-corrected chi connectivity index (χ2v) is 6.89. The fourth-order valence-electron chi connectivity index (χ4n) is 0.545. The lowest BCUT2D eigenvalue weighted by Gasteiger charge is -1.98. The SMILES string of the molecule is CC(C)O/N=c1/ss/c(=N/OC(C)C)s1. The lowest BCUT2D eigenvalue weighted by atomic mass is 10.5. The van der Waals surface area contributed by atoms with Gasteiger partial charge in [0.1, 0.15) is 12.2 Å². The lowest BCUT2D eigenvalue weighted by Crippen LogP contribution is -2.02. The molecule has 0 saturated carbocycles. The zero-order valence-electron chi connectivity index (χ0n) is 9.09. The summed E-state index contributed by atoms with van der Waals surface area (Å²) in [6.07, 6.45) is 0.216. The second kappa shape index (κ2) is 6.24. The molecule has 0 fully saturated rings. The van der Waals surface area contributed by atoms with Gasteiger partial charge in [0.05, 0.1) is 0 Å². The van der Waals surface area contributed by atoms with Crippen LogP contribution in [0, 0.1) is 0 Å². The number of nitrogens with zero attached hydrogens (tertiary/aromatic N) is 2. The Balaban J connectivity index is 2.71. The van der Waals surface area contributed by atoms with Gasteiger partial charge >= 0.3 is 0 Å². The molecule has 15 heavy (non-hydrogen) atoms. The zero-order valence-corrected chi connectivity index (χ0v) is 11.5. The standard InChI is InChI=1S/C8H14N2O2S3/c1-5(2)11-9-7-13-8(15-14-7)10-12-6(3)4/h5-6H,1-4H3/b9-7+,10-8+. The van der Waals surface area contributed by atoms with Crippen LogP contribution in [0.3, 0.4) is 0 Å². The van der Waals surface area contributed by atoms with Gasteiger partial charge in [0.15, 0.2) is 0 Å². The van der Waals surface area contributed by atoms with Gasteiger partial charge in [-0.05, 0) is 48.4 Å². The fourth-order valence-corrected chi connectivity index (χ4v) is 3.88. The van der Waals surface area contributed by atoms with Crippen molar-refractivity contribution in [2.24, 2.45) is 10.3 Å². The van der Waals surface area contributed by atoms with E-state index in [0.717, 1.165) is 7.97 Å². The van der Waals surface area contributed by atoms with Gasteiger partial charge in [0.25, 0.3) is 0 Å². The molecule has 0 saturated heterocycles. The van der Waals surface area contributed by atoms with Crippen LogP contribution in [-0.4, -0.2) is 12.2 Å². The van der Waals surface area contributed by atoms with E-state index in [4.69, 9.17) is 9.68 Å². The van der Waals surface area contributed by atoms with E-state index in [1.165, 1.54) is 32.0 Å². The molecule has 0 amide bonds. The molecule has 0 unspecified atom stereocenters. The molecule has 1 aromatic rings. The van der Waals surface area contributed by atoms with Crippen molar-refractivity contribution in [2.45, 2.75) is 39.9 Å². The Hall–Kier alpha value is -0.400. The Kier molecular flexibility index (Phi) is 5.27. The van der Waals surface area contributed by atoms with Gasteiger partial charge in [-0.2, -0.15) is 0 Å². The molecular formula is C8H14N2O2S3. The van der Waals surface area contributed by atoms with Crippen LogP contribution in [0.5, 0.6) is 0 Å². The monoisotopic (exact) mass is 266 g/mol. The van der Waals surface area contributed by atoms with Crippen molar-refractivity contribution in [3.8, 4) is 0 Å². The molecule has 0 aliphatic carbocycles. The van der Waals surface area contributed by atoms with Crippen LogP contribution in [0.2, 0.25) is 0 Å². The topological polar surface area (TPSA) is 43.2 Å². The van der Waals surface area contributed by atoms with Crippen LogP contribution in [-0.2, 0) is 9.68 Å². The molecule has 86 valence electrons. The minimum atomic E-state index is 0.108. The van der Waals surface area contributed by atoms with Crippen LogP contribution >= 0.6 is 32.0 Å². The molecular weight excluding hydrogens is 252 g/mol. The molecule has 0 aromatic carbocycles. The average molecular weight is 266 g/mol. The van der Waals surface area contributed by atoms with Gasteiger partial charge in [-0.15, -0.1) is 0 Å². The smallest absolute Gasteiger partial charge is 0.222 e. The number of hydrogen-bond acceptors (Lipinski definition) is 7. The summed E-state index contributed by atoms with van der Waals surface area (Å²) in [7, 11) is 3.08. The molecule has 1 aromatic heterocycles. The highest BCUT2D eigenvalue weighted by Crippen LogP contribution is 1.98. The van der Waals surface area contributed by atoms with Crippen molar-refractivity contribution in [1.82, 2.24) is 0 Å². The minimum Gasteiger partial charge on any atom is -0.391 e. The predicted octanol–water partition coefficient (Wildman–Crippen LogP) is 2.35. The number of hydrogen-bond donors (Lipinski definition) is 0. The summed E-state index contributed by atoms with van der Waals surface area (Å²) in [4.78, 5) is 10.3. The molecule has 0 radical (unpaired) electrons. The summed E-state index contributed by atoms with van der Waals surface area (Å²) in [6.45, 7) is 7.77. The highest BCUT2D eigenvalue weighted by Gasteiger charge is 1.95. The van der Waals surface area contributed by atoms with E-state index in [0.29, 0.717) is 0 Å². The van der Waals surface area contributed by atoms with E-state index in [9.17, 15) is 0 Å². The largest absolute Gasteiger partial charge is 0.391 e. The molecule has 0 atom stereocenters. The summed E-state index contributed by atoms with van der Waals surface area (Å²) in [5, 5.41) is 7.97. The molecule has 1 heterocycles. The zero-order chi connectivity index (χ0) is 11.3. The molecule has 4 nitrogen and oxygen atoms in total. The van der Waals surface area contributed by atoms with E-state index in [-0.39, 0.29) is 12.2 Å². The molecule has 0 N–H and O–H groups in total. The first-order valence-electron chi connectivity index (χ1n) is 4.58. The maximum absolute atomic E-state index is 5.14. The summed E-state index contributed by atoms with van der Waals surface area (Å²) >= 11 is 1.47. The highest BCUT2D eigenvalue weighted by molar-refractivity contribution is 7.72. The van der Waals surface area contributed by atoms with Gasteiger partial charge < -0.3 is 9.68 Å². The van der Waals surface area contributed by atoms with E-state index in [2.05, 4.69) is 10.3 Å². The van der Waals surface area contributed by atoms with E-state index in [1.54, 1.807) is 0 Å². The minimum absolute atomic E-state index is 0.108. The molecule has 0 aliphatic rings. The van der Waals surface area contributed by atoms with Crippen molar-refractivity contribution in [1.29, 1.82) is 0 Å². The first kappa shape index (κ1) is 12.7. The molecule has 0 aliphatic heterocycles. The van der Waals surface area contributed by atoms with Gasteiger partial charge in [0.2, 0.25) is 7.97 Å². The van der Waals surface area contributed by atoms with Crippen LogP contribution < -0.4 is 7.97 Å². The average Bonchev–Trinajstić information content (AvgIpc) is 2.59. The van der Waals surface area contributed by atoms with Crippen LogP contribution in [0.4, 0.5) is 0 Å². The van der Waals surface area contributed by atoms with E-state index >= 15 is 0 Å². The Labute approximate surface area is 99.9 Å². The highest BCUT2D eigenvalue weighted by atomic mass is 32.9. The maximum atomic E-state index is 5.14. The third-order valence-electron chi connectivity index (χ3n) is 1.03. The van der Waals surface area contributed by atoms with Gasteiger partial charge in [0, 0.05) is 0 Å². The van der Waals surface area contributed by atoms with Crippen molar-refractivity contribution >= 4 is 32.0 Å². The Morgan fingerprint density at radius 3 is 1.60 bits per heavy atom. The van der Waals surface area contributed by atoms with Crippen molar-refractivity contribution in [3.05, 3.63) is 7.97 Å². The lowest BCUT2D eigenvalue weighted by molar-refractivity contribution is 0.0784. The first-order valence-corrected chi connectivity index (χ1v) is 7.54. The number of rotatable bonds is 4. The molecule has 0 bridgehead atoms. The van der Waals surface area contributed by atoms with Gasteiger partial charge in [-0.3, -0.25) is 0 Å². The third kappa shape index (κ3) is 5.29. The van der Waals surface area contributed by atoms with Crippen LogP contribution in [0.25, 0.3) is 0 Å². The predicted molar refractivity (Wildman–Crippen MR) is 63.6 cm³/mol. The third-order valence-corrected chi connectivity index (χ3v) is 4.88. The molecule has 1 rings (SSSR count). The summed E-state index contributed by atoms with van der Waals surface area (Å²) in [6, 6.07) is 0. The normalized spacial score (nSPS) is 14.0. The Bertz CT molecular complexity index is 366. The quantitative estimate of drug-likeness (QED) is 0.620. The van der Waals surface area contributed by atoms with E-state index in [1.807, 2.05) is 27.7 Å². The molecule has 7 heteroatoms. The summed E-state index contributed by atoms with van der Waals surface area (Å²) in [5.41, 5.74) is 0. The van der Waals surface area contributed by atoms with Gasteiger partial charge in [-0.1, -0.05) is 21.6 Å².